The minimum Gasteiger partial charge on any atom is -0.545 e. The number of hydrogen-bond donors (Lipinski definition) is 0. The van der Waals surface area contributed by atoms with Gasteiger partial charge in [-0.3, -0.25) is 0 Å². The Bertz CT molecular complexity index is 424. The van der Waals surface area contributed by atoms with Crippen molar-refractivity contribution in [2.24, 2.45) is 28.1 Å². The van der Waals surface area contributed by atoms with Crippen molar-refractivity contribution < 1.29 is 9.90 Å². The number of carboxylic acid groups (broad SMARTS) is 1. The van der Waals surface area contributed by atoms with Crippen LogP contribution in [-0.2, 0) is 4.79 Å². The van der Waals surface area contributed by atoms with Gasteiger partial charge in [-0.15, -0.1) is 0 Å². The number of rotatable bonds is 1. The van der Waals surface area contributed by atoms with Gasteiger partial charge in [0.15, 0.2) is 0 Å². The van der Waals surface area contributed by atoms with E-state index >= 15 is 0 Å². The zero-order valence-corrected chi connectivity index (χ0v) is 11.7. The van der Waals surface area contributed by atoms with Gasteiger partial charge in [0.05, 0.1) is 5.97 Å². The van der Waals surface area contributed by atoms with Crippen molar-refractivity contribution in [2.75, 3.05) is 0 Å². The minimum atomic E-state index is -1.19. The molecule has 2 nitrogen and oxygen atoms in total. The maximum atomic E-state index is 9.49. The summed E-state index contributed by atoms with van der Waals surface area (Å²) in [5.41, 5.74) is 2.56. The van der Waals surface area contributed by atoms with Gasteiger partial charge < -0.3 is 9.90 Å². The molecule has 5 aliphatic carbocycles. The molecule has 2 spiro atoms. The van der Waals surface area contributed by atoms with Crippen LogP contribution in [0, 0.1) is 28.1 Å². The molecule has 0 aromatic heterocycles. The lowest BCUT2D eigenvalue weighted by Crippen LogP contribution is -2.36. The Morgan fingerprint density at radius 2 is 1.89 bits per heavy atom. The Hall–Kier alpha value is -0.790. The van der Waals surface area contributed by atoms with Crippen molar-refractivity contribution in [3.8, 4) is 0 Å². The summed E-state index contributed by atoms with van der Waals surface area (Å²) >= 11 is 0. The topological polar surface area (TPSA) is 40.1 Å². The second-order valence-corrected chi connectivity index (χ2v) is 7.74. The summed E-state index contributed by atoms with van der Waals surface area (Å²) in [6, 6.07) is 0. The molecule has 100 valence electrons. The third kappa shape index (κ3) is 1.22. The fourth-order valence-corrected chi connectivity index (χ4v) is 5.80. The summed E-state index contributed by atoms with van der Waals surface area (Å²) in [4.78, 5) is 9.49. The highest BCUT2D eigenvalue weighted by molar-refractivity contribution is 5.82. The first-order chi connectivity index (χ1) is 8.24. The van der Waals surface area contributed by atoms with Gasteiger partial charge >= 0.3 is 0 Å². The van der Waals surface area contributed by atoms with Gasteiger partial charge in [0.2, 0.25) is 0 Å². The van der Waals surface area contributed by atoms with E-state index in [2.05, 4.69) is 20.4 Å². The number of carboxylic acids is 1. The predicted molar refractivity (Wildman–Crippen MR) is 68.5 cm³/mol. The highest BCUT2D eigenvalue weighted by Gasteiger charge is 2.84. The van der Waals surface area contributed by atoms with Gasteiger partial charge in [0, 0.05) is 0 Å². The first kappa shape index (κ1) is 12.3. The van der Waals surface area contributed by atoms with Gasteiger partial charge in [0.25, 0.3) is 0 Å². The molecule has 0 heterocycles. The highest BCUT2D eigenvalue weighted by Crippen LogP contribution is 2.92. The molecule has 18 heavy (non-hydrogen) atoms. The van der Waals surface area contributed by atoms with Crippen LogP contribution in [0.5, 0.6) is 0 Å². The maximum Gasteiger partial charge on any atom is 0.0666 e. The lowest BCUT2D eigenvalue weighted by atomic mass is 9.60. The number of carbonyl (C=O) groups is 1. The monoisotopic (exact) mass is 247 g/mol. The minimum absolute atomic E-state index is 0.0648. The molecule has 5 rings (SSSR count). The Morgan fingerprint density at radius 1 is 1.28 bits per heavy atom. The van der Waals surface area contributed by atoms with Gasteiger partial charge in [-0.1, -0.05) is 20.4 Å². The number of carbonyl (C=O) groups excluding carboxylic acids is 1. The normalized spacial score (nSPS) is 48.2. The van der Waals surface area contributed by atoms with Crippen molar-refractivity contribution in [1.82, 2.24) is 0 Å². The average Bonchev–Trinajstić information content (AvgIpc) is 2.73. The van der Waals surface area contributed by atoms with Crippen LogP contribution in [0.15, 0.2) is 12.2 Å². The average molecular weight is 247 g/mol. The summed E-state index contributed by atoms with van der Waals surface area (Å²) in [7, 11) is 0. The van der Waals surface area contributed by atoms with E-state index in [0.717, 1.165) is 28.1 Å². The molecule has 0 radical (unpaired) electrons. The molecule has 4 bridgehead atoms. The third-order valence-corrected chi connectivity index (χ3v) is 6.70. The summed E-state index contributed by atoms with van der Waals surface area (Å²) in [6.07, 6.45) is 8.02. The number of aliphatic carboxylic acids is 1. The first-order valence-electron chi connectivity index (χ1n) is 7.11. The molecule has 5 fully saturated rings. The lowest BCUT2D eigenvalue weighted by molar-refractivity contribution is -0.299. The van der Waals surface area contributed by atoms with Crippen molar-refractivity contribution in [3.63, 3.8) is 0 Å². The van der Waals surface area contributed by atoms with E-state index in [-0.39, 0.29) is 5.57 Å². The quantitative estimate of drug-likeness (QED) is 0.668. The van der Waals surface area contributed by atoms with Crippen LogP contribution in [0.25, 0.3) is 0 Å². The van der Waals surface area contributed by atoms with Crippen LogP contribution in [0.4, 0.5) is 0 Å². The molecule has 5 saturated carbocycles. The van der Waals surface area contributed by atoms with Crippen molar-refractivity contribution in [2.45, 2.75) is 52.9 Å². The van der Waals surface area contributed by atoms with Crippen molar-refractivity contribution >= 4 is 5.97 Å². The maximum absolute atomic E-state index is 9.49. The van der Waals surface area contributed by atoms with Crippen LogP contribution < -0.4 is 5.11 Å². The lowest BCUT2D eigenvalue weighted by Gasteiger charge is -2.44. The molecule has 0 aromatic rings. The smallest absolute Gasteiger partial charge is 0.0666 e. The van der Waals surface area contributed by atoms with E-state index in [1.54, 1.807) is 32.1 Å². The van der Waals surface area contributed by atoms with Crippen LogP contribution >= 0.6 is 0 Å². The Kier molecular flexibility index (Phi) is 2.18. The SMILES string of the molecule is C=C(C)C(=O)[O-].CC1(C)C2CC3CC4(C2)CC41C3. The molecule has 0 N–H and O–H groups in total. The van der Waals surface area contributed by atoms with Gasteiger partial charge in [-0.25, -0.2) is 0 Å². The van der Waals surface area contributed by atoms with E-state index in [1.165, 1.54) is 6.92 Å². The molecule has 0 saturated heterocycles. The van der Waals surface area contributed by atoms with E-state index in [9.17, 15) is 9.90 Å². The Balaban J connectivity index is 0.000000146. The van der Waals surface area contributed by atoms with E-state index in [4.69, 9.17) is 0 Å². The van der Waals surface area contributed by atoms with Crippen LogP contribution in [-0.4, -0.2) is 5.97 Å². The molecular weight excluding hydrogens is 224 g/mol. The largest absolute Gasteiger partial charge is 0.545 e. The third-order valence-electron chi connectivity index (χ3n) is 6.70. The molecule has 0 aromatic carbocycles. The van der Waals surface area contributed by atoms with E-state index in [0.29, 0.717) is 0 Å². The van der Waals surface area contributed by atoms with Gasteiger partial charge in [-0.05, 0) is 72.7 Å². The fraction of sp³-hybridized carbons (Fsp3) is 0.812. The van der Waals surface area contributed by atoms with Crippen molar-refractivity contribution in [3.05, 3.63) is 12.2 Å². The molecule has 4 unspecified atom stereocenters. The van der Waals surface area contributed by atoms with E-state index in [1.807, 2.05) is 0 Å². The summed E-state index contributed by atoms with van der Waals surface area (Å²) in [6.45, 7) is 9.60. The van der Waals surface area contributed by atoms with Crippen molar-refractivity contribution in [1.29, 1.82) is 0 Å². The Morgan fingerprint density at radius 3 is 2.33 bits per heavy atom. The highest BCUT2D eigenvalue weighted by atomic mass is 16.4. The van der Waals surface area contributed by atoms with Crippen LogP contribution in [0.2, 0.25) is 0 Å². The molecular formula is C16H23O2-. The summed E-state index contributed by atoms with van der Waals surface area (Å²) < 4.78 is 0. The summed E-state index contributed by atoms with van der Waals surface area (Å²) in [5.74, 6) is 1.08. The van der Waals surface area contributed by atoms with Gasteiger partial charge in [-0.2, -0.15) is 0 Å². The zero-order valence-electron chi connectivity index (χ0n) is 11.7. The predicted octanol–water partition coefficient (Wildman–Crippen LogP) is 2.54. The first-order valence-corrected chi connectivity index (χ1v) is 7.11. The van der Waals surface area contributed by atoms with E-state index < -0.39 is 5.97 Å². The molecule has 2 heteroatoms. The summed E-state index contributed by atoms with van der Waals surface area (Å²) in [5, 5.41) is 9.49. The fourth-order valence-electron chi connectivity index (χ4n) is 5.80. The van der Waals surface area contributed by atoms with Crippen LogP contribution in [0.1, 0.15) is 52.9 Å². The Labute approximate surface area is 109 Å². The van der Waals surface area contributed by atoms with Crippen LogP contribution in [0.3, 0.4) is 0 Å². The second kappa shape index (κ2) is 3.20. The molecule has 4 atom stereocenters. The second-order valence-electron chi connectivity index (χ2n) is 7.74. The molecule has 5 aliphatic rings. The zero-order chi connectivity index (χ0) is 13.3. The van der Waals surface area contributed by atoms with Gasteiger partial charge in [0.1, 0.15) is 0 Å². The number of hydrogen-bond acceptors (Lipinski definition) is 2. The molecule has 0 amide bonds. The standard InChI is InChI=1S/C12H18.C4H6O2/c1-10(2)9-3-8-4-11(6-9)7-12(10,11)5-8;1-3(2)4(5)6/h8-9H,3-7H2,1-2H3;1H2,2H3,(H,5,6)/p-1. The molecule has 0 aliphatic heterocycles.